The first-order chi connectivity index (χ1) is 10.7. The highest BCUT2D eigenvalue weighted by Gasteiger charge is 2.23. The van der Waals surface area contributed by atoms with Crippen LogP contribution in [-0.2, 0) is 19.6 Å². The standard InChI is InChI=1S/C14H21ClN2O5S/c1-9(8-21-3)16-14(18)10(2)17-23(19,20)11-5-6-13(22-4)12(15)7-11/h5-7,9-10,17H,8H2,1-4H3,(H,16,18)/t9-,10-/m0/s1. The summed E-state index contributed by atoms with van der Waals surface area (Å²) in [6, 6.07) is 2.89. The van der Waals surface area contributed by atoms with Crippen molar-refractivity contribution in [2.75, 3.05) is 20.8 Å². The zero-order valence-electron chi connectivity index (χ0n) is 13.4. The molecule has 2 N–H and O–H groups in total. The Kier molecular flexibility index (Phi) is 7.27. The van der Waals surface area contributed by atoms with Crippen LogP contribution in [0.1, 0.15) is 13.8 Å². The van der Waals surface area contributed by atoms with Crippen molar-refractivity contribution in [1.29, 1.82) is 0 Å². The van der Waals surface area contributed by atoms with E-state index in [1.54, 1.807) is 6.92 Å². The minimum absolute atomic E-state index is 0.0483. The van der Waals surface area contributed by atoms with E-state index in [4.69, 9.17) is 21.1 Å². The number of carbonyl (C=O) groups is 1. The molecule has 1 aromatic rings. The maximum atomic E-state index is 12.3. The average Bonchev–Trinajstić information content (AvgIpc) is 2.46. The maximum Gasteiger partial charge on any atom is 0.241 e. The molecule has 0 saturated carbocycles. The molecule has 23 heavy (non-hydrogen) atoms. The molecule has 1 rings (SSSR count). The van der Waals surface area contributed by atoms with Gasteiger partial charge in [-0.3, -0.25) is 4.79 Å². The molecular formula is C14H21ClN2O5S. The lowest BCUT2D eigenvalue weighted by atomic mass is 10.3. The first-order valence-corrected chi connectivity index (χ1v) is 8.72. The number of nitrogens with one attached hydrogen (secondary N) is 2. The third kappa shape index (κ3) is 5.65. The van der Waals surface area contributed by atoms with E-state index in [0.29, 0.717) is 12.4 Å². The van der Waals surface area contributed by atoms with Gasteiger partial charge in [0.2, 0.25) is 15.9 Å². The molecule has 0 fully saturated rings. The van der Waals surface area contributed by atoms with Crippen molar-refractivity contribution in [2.45, 2.75) is 30.8 Å². The lowest BCUT2D eigenvalue weighted by molar-refractivity contribution is -0.123. The highest BCUT2D eigenvalue weighted by atomic mass is 35.5. The van der Waals surface area contributed by atoms with Crippen molar-refractivity contribution in [1.82, 2.24) is 10.0 Å². The Hall–Kier alpha value is -1.35. The molecule has 2 atom stereocenters. The van der Waals surface area contributed by atoms with Gasteiger partial charge < -0.3 is 14.8 Å². The molecule has 0 spiro atoms. The van der Waals surface area contributed by atoms with Gasteiger partial charge in [0.1, 0.15) is 5.75 Å². The molecule has 0 aliphatic rings. The Labute approximate surface area is 141 Å². The highest BCUT2D eigenvalue weighted by Crippen LogP contribution is 2.26. The normalized spacial score (nSPS) is 14.1. The van der Waals surface area contributed by atoms with Gasteiger partial charge in [0, 0.05) is 13.2 Å². The van der Waals surface area contributed by atoms with Crippen molar-refractivity contribution in [3.63, 3.8) is 0 Å². The third-order valence-electron chi connectivity index (χ3n) is 2.96. The van der Waals surface area contributed by atoms with Crippen LogP contribution in [0.15, 0.2) is 23.1 Å². The van der Waals surface area contributed by atoms with E-state index in [0.717, 1.165) is 0 Å². The lowest BCUT2D eigenvalue weighted by Gasteiger charge is -2.18. The van der Waals surface area contributed by atoms with Gasteiger partial charge in [0.25, 0.3) is 0 Å². The average molecular weight is 365 g/mol. The number of sulfonamides is 1. The molecule has 1 aromatic carbocycles. The smallest absolute Gasteiger partial charge is 0.241 e. The van der Waals surface area contributed by atoms with E-state index in [-0.39, 0.29) is 16.0 Å². The third-order valence-corrected chi connectivity index (χ3v) is 4.80. The second-order valence-corrected chi connectivity index (χ2v) is 7.13. The molecule has 1 amide bonds. The van der Waals surface area contributed by atoms with Crippen molar-refractivity contribution in [3.8, 4) is 5.75 Å². The van der Waals surface area contributed by atoms with E-state index in [9.17, 15) is 13.2 Å². The van der Waals surface area contributed by atoms with Crippen LogP contribution in [0.25, 0.3) is 0 Å². The van der Waals surface area contributed by atoms with Crippen molar-refractivity contribution in [3.05, 3.63) is 23.2 Å². The van der Waals surface area contributed by atoms with Crippen LogP contribution in [-0.4, -0.2) is 47.2 Å². The Morgan fingerprint density at radius 1 is 1.30 bits per heavy atom. The van der Waals surface area contributed by atoms with E-state index in [2.05, 4.69) is 10.0 Å². The quantitative estimate of drug-likeness (QED) is 0.722. The predicted octanol–water partition coefficient (Wildman–Crippen LogP) is 1.17. The SMILES string of the molecule is COC[C@H](C)NC(=O)[C@H](C)NS(=O)(=O)c1ccc(OC)c(Cl)c1. The van der Waals surface area contributed by atoms with Gasteiger partial charge in [-0.1, -0.05) is 11.6 Å². The number of halogens is 1. The summed E-state index contributed by atoms with van der Waals surface area (Å²) in [4.78, 5) is 11.9. The summed E-state index contributed by atoms with van der Waals surface area (Å²) in [5, 5.41) is 2.82. The summed E-state index contributed by atoms with van der Waals surface area (Å²) in [6.07, 6.45) is 0. The minimum Gasteiger partial charge on any atom is -0.495 e. The van der Waals surface area contributed by atoms with E-state index in [1.807, 2.05) is 0 Å². The second-order valence-electron chi connectivity index (χ2n) is 5.00. The van der Waals surface area contributed by atoms with Crippen LogP contribution in [0.5, 0.6) is 5.75 Å². The number of hydrogen-bond acceptors (Lipinski definition) is 5. The summed E-state index contributed by atoms with van der Waals surface area (Å²) in [7, 11) is -0.934. The Morgan fingerprint density at radius 2 is 1.96 bits per heavy atom. The molecule has 0 aliphatic carbocycles. The summed E-state index contributed by atoms with van der Waals surface area (Å²) < 4.78 is 36.8. The van der Waals surface area contributed by atoms with Gasteiger partial charge in [-0.05, 0) is 32.0 Å². The van der Waals surface area contributed by atoms with E-state index in [1.165, 1.54) is 39.3 Å². The Morgan fingerprint density at radius 3 is 2.48 bits per heavy atom. The summed E-state index contributed by atoms with van der Waals surface area (Å²) in [6.45, 7) is 3.54. The van der Waals surface area contributed by atoms with Gasteiger partial charge in [-0.25, -0.2) is 8.42 Å². The first kappa shape index (κ1) is 19.7. The fourth-order valence-electron chi connectivity index (χ4n) is 1.83. The number of methoxy groups -OCH3 is 2. The number of rotatable bonds is 8. The molecule has 0 aliphatic heterocycles. The summed E-state index contributed by atoms with van der Waals surface area (Å²) in [5.41, 5.74) is 0. The number of hydrogen-bond donors (Lipinski definition) is 2. The second kappa shape index (κ2) is 8.49. The van der Waals surface area contributed by atoms with Crippen LogP contribution >= 0.6 is 11.6 Å². The lowest BCUT2D eigenvalue weighted by Crippen LogP contribution is -2.48. The number of benzene rings is 1. The molecular weight excluding hydrogens is 344 g/mol. The minimum atomic E-state index is -3.88. The van der Waals surface area contributed by atoms with Crippen LogP contribution in [0, 0.1) is 0 Å². The van der Waals surface area contributed by atoms with Gasteiger partial charge in [-0.15, -0.1) is 0 Å². The number of ether oxygens (including phenoxy) is 2. The molecule has 130 valence electrons. The van der Waals surface area contributed by atoms with Crippen molar-refractivity contribution < 1.29 is 22.7 Å². The van der Waals surface area contributed by atoms with E-state index >= 15 is 0 Å². The zero-order valence-corrected chi connectivity index (χ0v) is 15.0. The number of carbonyl (C=O) groups excluding carboxylic acids is 1. The van der Waals surface area contributed by atoms with Gasteiger partial charge in [-0.2, -0.15) is 4.72 Å². The first-order valence-electron chi connectivity index (χ1n) is 6.86. The van der Waals surface area contributed by atoms with Gasteiger partial charge in [0.05, 0.1) is 29.7 Å². The van der Waals surface area contributed by atoms with Gasteiger partial charge >= 0.3 is 0 Å². The van der Waals surface area contributed by atoms with Crippen molar-refractivity contribution in [2.24, 2.45) is 0 Å². The van der Waals surface area contributed by atoms with Crippen LogP contribution in [0.4, 0.5) is 0 Å². The molecule has 0 aromatic heterocycles. The Balaban J connectivity index is 2.81. The van der Waals surface area contributed by atoms with E-state index < -0.39 is 22.0 Å². The van der Waals surface area contributed by atoms with Gasteiger partial charge in [0.15, 0.2) is 0 Å². The summed E-state index contributed by atoms with van der Waals surface area (Å²) in [5.74, 6) is -0.0810. The maximum absolute atomic E-state index is 12.3. The van der Waals surface area contributed by atoms with Crippen LogP contribution in [0.3, 0.4) is 0 Å². The molecule has 0 heterocycles. The molecule has 0 radical (unpaired) electrons. The zero-order chi connectivity index (χ0) is 17.6. The largest absolute Gasteiger partial charge is 0.495 e. The number of amides is 1. The highest BCUT2D eigenvalue weighted by molar-refractivity contribution is 7.89. The Bertz CT molecular complexity index is 651. The molecule has 9 heteroatoms. The molecule has 0 bridgehead atoms. The fourth-order valence-corrected chi connectivity index (χ4v) is 3.38. The van der Waals surface area contributed by atoms with Crippen LogP contribution in [0.2, 0.25) is 5.02 Å². The topological polar surface area (TPSA) is 93.7 Å². The molecule has 7 nitrogen and oxygen atoms in total. The molecule has 0 saturated heterocycles. The predicted molar refractivity (Wildman–Crippen MR) is 87.3 cm³/mol. The van der Waals surface area contributed by atoms with Crippen LogP contribution < -0.4 is 14.8 Å². The fraction of sp³-hybridized carbons (Fsp3) is 0.500. The molecule has 0 unspecified atom stereocenters. The van der Waals surface area contributed by atoms with Crippen molar-refractivity contribution >= 4 is 27.5 Å². The summed E-state index contributed by atoms with van der Waals surface area (Å²) >= 11 is 5.93. The monoisotopic (exact) mass is 364 g/mol.